The van der Waals surface area contributed by atoms with Gasteiger partial charge in [-0.3, -0.25) is 4.79 Å². The van der Waals surface area contributed by atoms with E-state index in [2.05, 4.69) is 10.1 Å². The molecule has 0 heterocycles. The first-order chi connectivity index (χ1) is 23.2. The van der Waals surface area contributed by atoms with Crippen LogP contribution in [-0.2, 0) is 30.7 Å². The number of halogens is 13. The van der Waals surface area contributed by atoms with Crippen molar-refractivity contribution >= 4 is 5.91 Å². The van der Waals surface area contributed by atoms with Gasteiger partial charge >= 0.3 is 24.9 Å². The van der Waals surface area contributed by atoms with Crippen LogP contribution < -0.4 is 10.1 Å². The fourth-order valence-electron chi connectivity index (χ4n) is 5.05. The van der Waals surface area contributed by atoms with Gasteiger partial charge in [-0.25, -0.2) is 13.2 Å². The average Bonchev–Trinajstić information content (AvgIpc) is 3.00. The molecule has 1 atom stereocenters. The van der Waals surface area contributed by atoms with Crippen LogP contribution in [0.3, 0.4) is 0 Å². The molecule has 0 aromatic heterocycles. The van der Waals surface area contributed by atoms with Gasteiger partial charge in [0.1, 0.15) is 23.2 Å². The third-order valence-electron chi connectivity index (χ3n) is 7.39. The van der Waals surface area contributed by atoms with Crippen molar-refractivity contribution in [3.05, 3.63) is 135 Å². The van der Waals surface area contributed by atoms with E-state index in [-0.39, 0.29) is 42.9 Å². The molecule has 0 aliphatic heterocycles. The zero-order valence-electron chi connectivity index (χ0n) is 24.9. The van der Waals surface area contributed by atoms with E-state index >= 15 is 4.39 Å². The molecule has 0 fully saturated rings. The fourth-order valence-corrected chi connectivity index (χ4v) is 5.05. The van der Waals surface area contributed by atoms with Crippen LogP contribution >= 0.6 is 0 Å². The molecule has 0 saturated heterocycles. The maximum absolute atomic E-state index is 15.1. The number of carbonyl (C=O) groups is 1. The molecule has 0 saturated carbocycles. The Balaban J connectivity index is 2.06. The zero-order valence-corrected chi connectivity index (χ0v) is 24.9. The Morgan fingerprint density at radius 1 is 0.700 bits per heavy atom. The molecular formula is C33H22F13NO3. The summed E-state index contributed by atoms with van der Waals surface area (Å²) in [6.07, 6.45) is -21.1. The Labute approximate surface area is 274 Å². The first kappa shape index (κ1) is 38.0. The Kier molecular flexibility index (Phi) is 10.8. The van der Waals surface area contributed by atoms with Crippen LogP contribution in [0.25, 0.3) is 0 Å². The van der Waals surface area contributed by atoms with Crippen molar-refractivity contribution in [2.45, 2.75) is 43.3 Å². The first-order valence-electron chi connectivity index (χ1n) is 14.1. The smallest absolute Gasteiger partial charge is 0.428 e. The van der Waals surface area contributed by atoms with Gasteiger partial charge in [-0.1, -0.05) is 30.3 Å². The lowest BCUT2D eigenvalue weighted by atomic mass is 9.76. The number of rotatable bonds is 11. The summed E-state index contributed by atoms with van der Waals surface area (Å²) in [5.41, 5.74) is -8.39. The normalized spacial score (nSPS) is 13.7. The SMILES string of the molecule is O=C(N[C@@](Cc1ccc(CCO)cc1)(c1cc(F)cc(OC(F)(F)C(F)F)c1)c1ccc(F)c(C(F)(F)F)c1)c1ccc(F)c(C(F)(F)F)c1. The standard InChI is InChI=1S/C33H22F13NO3/c34-22-12-21(13-23(15-22)50-33(45,46)29(37)38)30(16-18-3-1-17(2-4-18)9-10-48,20-6-8-27(36)25(14-20)32(42,43)44)47-28(49)19-5-7-26(35)24(11-19)31(39,40)41/h1-8,11-15,29,48H,9-10,16H2,(H,47,49)/t30-/m1/s1. The predicted molar refractivity (Wildman–Crippen MR) is 150 cm³/mol. The van der Waals surface area contributed by atoms with E-state index < -0.39 is 93.8 Å². The van der Waals surface area contributed by atoms with Crippen molar-refractivity contribution in [2.24, 2.45) is 0 Å². The highest BCUT2D eigenvalue weighted by Crippen LogP contribution is 2.41. The first-order valence-corrected chi connectivity index (χ1v) is 14.1. The molecule has 0 aliphatic carbocycles. The Morgan fingerprint density at radius 3 is 1.82 bits per heavy atom. The van der Waals surface area contributed by atoms with Crippen molar-refractivity contribution in [1.29, 1.82) is 0 Å². The van der Waals surface area contributed by atoms with Crippen LogP contribution in [0.1, 0.15) is 43.7 Å². The van der Waals surface area contributed by atoms with E-state index in [9.17, 15) is 62.6 Å². The van der Waals surface area contributed by atoms with Crippen molar-refractivity contribution in [3.8, 4) is 5.75 Å². The van der Waals surface area contributed by atoms with Crippen LogP contribution in [-0.4, -0.2) is 30.2 Å². The minimum Gasteiger partial charge on any atom is -0.428 e. The van der Waals surface area contributed by atoms with E-state index in [0.717, 1.165) is 0 Å². The number of aliphatic hydroxyl groups excluding tert-OH is 1. The molecule has 1 amide bonds. The van der Waals surface area contributed by atoms with E-state index in [1.165, 1.54) is 24.3 Å². The average molecular weight is 728 g/mol. The van der Waals surface area contributed by atoms with Gasteiger partial charge in [0.2, 0.25) is 0 Å². The number of carbonyl (C=O) groups excluding carboxylic acids is 1. The molecule has 4 rings (SSSR count). The lowest BCUT2D eigenvalue weighted by molar-refractivity contribution is -0.253. The molecule has 268 valence electrons. The van der Waals surface area contributed by atoms with Crippen molar-refractivity contribution < 1.29 is 71.7 Å². The summed E-state index contributed by atoms with van der Waals surface area (Å²) in [5, 5.41) is 11.4. The number of aliphatic hydroxyl groups is 1. The number of hydrogen-bond donors (Lipinski definition) is 2. The second kappa shape index (κ2) is 14.2. The molecular weight excluding hydrogens is 705 g/mol. The number of hydrogen-bond acceptors (Lipinski definition) is 3. The maximum atomic E-state index is 15.1. The number of nitrogens with one attached hydrogen (secondary N) is 1. The van der Waals surface area contributed by atoms with Gasteiger partial charge in [0.25, 0.3) is 5.91 Å². The van der Waals surface area contributed by atoms with Crippen molar-refractivity contribution in [2.75, 3.05) is 6.61 Å². The summed E-state index contributed by atoms with van der Waals surface area (Å²) in [5.74, 6) is -8.03. The molecule has 4 aromatic rings. The number of alkyl halides is 10. The lowest BCUT2D eigenvalue weighted by Gasteiger charge is -2.37. The minimum atomic E-state index is -5.41. The van der Waals surface area contributed by atoms with Crippen molar-refractivity contribution in [3.63, 3.8) is 0 Å². The molecule has 4 nitrogen and oxygen atoms in total. The highest BCUT2D eigenvalue weighted by molar-refractivity contribution is 5.95. The molecule has 17 heteroatoms. The maximum Gasteiger partial charge on any atom is 0.461 e. The zero-order chi connectivity index (χ0) is 37.2. The van der Waals surface area contributed by atoms with Gasteiger partial charge in [0.05, 0.1) is 16.7 Å². The summed E-state index contributed by atoms with van der Waals surface area (Å²) in [6, 6.07) is 8.67. The van der Waals surface area contributed by atoms with Crippen LogP contribution in [0.5, 0.6) is 5.75 Å². The Hall–Kier alpha value is -4.80. The van der Waals surface area contributed by atoms with Crippen LogP contribution in [0, 0.1) is 17.5 Å². The Bertz CT molecular complexity index is 1840. The molecule has 0 radical (unpaired) electrons. The highest BCUT2D eigenvalue weighted by Gasteiger charge is 2.45. The molecule has 4 aromatic carbocycles. The van der Waals surface area contributed by atoms with E-state index in [4.69, 9.17) is 0 Å². The summed E-state index contributed by atoms with van der Waals surface area (Å²) >= 11 is 0. The molecule has 0 aliphatic rings. The summed E-state index contributed by atoms with van der Waals surface area (Å²) in [6.45, 7) is -0.304. The second-order valence-electron chi connectivity index (χ2n) is 10.9. The van der Waals surface area contributed by atoms with Crippen LogP contribution in [0.4, 0.5) is 57.1 Å². The molecule has 0 spiro atoms. The van der Waals surface area contributed by atoms with Gasteiger partial charge in [0, 0.05) is 24.7 Å². The summed E-state index contributed by atoms with van der Waals surface area (Å²) < 4.78 is 184. The largest absolute Gasteiger partial charge is 0.461 e. The topological polar surface area (TPSA) is 58.6 Å². The molecule has 2 N–H and O–H groups in total. The number of benzene rings is 4. The van der Waals surface area contributed by atoms with E-state index in [1.807, 2.05) is 0 Å². The highest BCUT2D eigenvalue weighted by atomic mass is 19.4. The quantitative estimate of drug-likeness (QED) is 0.152. The van der Waals surface area contributed by atoms with Crippen LogP contribution in [0.2, 0.25) is 0 Å². The summed E-state index contributed by atoms with van der Waals surface area (Å²) in [7, 11) is 0. The number of ether oxygens (including phenoxy) is 1. The molecule has 0 unspecified atom stereocenters. The monoisotopic (exact) mass is 727 g/mol. The third kappa shape index (κ3) is 8.49. The van der Waals surface area contributed by atoms with Gasteiger partial charge in [0.15, 0.2) is 0 Å². The Morgan fingerprint density at radius 2 is 1.26 bits per heavy atom. The van der Waals surface area contributed by atoms with Gasteiger partial charge in [-0.2, -0.15) is 43.9 Å². The van der Waals surface area contributed by atoms with Gasteiger partial charge in [-0.15, -0.1) is 0 Å². The predicted octanol–water partition coefficient (Wildman–Crippen LogP) is 8.83. The summed E-state index contributed by atoms with van der Waals surface area (Å²) in [4.78, 5) is 13.7. The molecule has 50 heavy (non-hydrogen) atoms. The van der Waals surface area contributed by atoms with E-state index in [1.54, 1.807) is 0 Å². The minimum absolute atomic E-state index is 0.0637. The lowest BCUT2D eigenvalue weighted by Crippen LogP contribution is -2.49. The van der Waals surface area contributed by atoms with E-state index in [0.29, 0.717) is 35.9 Å². The second-order valence-corrected chi connectivity index (χ2v) is 10.9. The van der Waals surface area contributed by atoms with Gasteiger partial charge in [-0.05, 0) is 71.1 Å². The van der Waals surface area contributed by atoms with Gasteiger partial charge < -0.3 is 15.2 Å². The fraction of sp³-hybridized carbons (Fsp3) is 0.242. The number of amides is 1. The molecule has 0 bridgehead atoms. The third-order valence-corrected chi connectivity index (χ3v) is 7.39. The van der Waals surface area contributed by atoms with Crippen LogP contribution in [0.15, 0.2) is 78.9 Å². The van der Waals surface area contributed by atoms with Crippen molar-refractivity contribution in [1.82, 2.24) is 5.32 Å².